The highest BCUT2D eigenvalue weighted by molar-refractivity contribution is 7.89. The predicted octanol–water partition coefficient (Wildman–Crippen LogP) is 6.10. The number of amides is 1. The van der Waals surface area contributed by atoms with Crippen molar-refractivity contribution < 1.29 is 22.3 Å². The maximum absolute atomic E-state index is 13.2. The van der Waals surface area contributed by atoms with Gasteiger partial charge in [-0.2, -0.15) is 4.98 Å². The first kappa shape index (κ1) is 25.8. The van der Waals surface area contributed by atoms with Gasteiger partial charge in [0.2, 0.25) is 11.8 Å². The number of fused-ring (bicyclic) bond motifs is 1. The molecule has 0 aliphatic carbocycles. The molecule has 0 spiro atoms. The van der Waals surface area contributed by atoms with Gasteiger partial charge in [-0.05, 0) is 77.0 Å². The quantitative estimate of drug-likeness (QED) is 0.244. The van der Waals surface area contributed by atoms with E-state index >= 15 is 0 Å². The Morgan fingerprint density at radius 1 is 0.923 bits per heavy atom. The van der Waals surface area contributed by atoms with E-state index in [-0.39, 0.29) is 23.4 Å². The van der Waals surface area contributed by atoms with E-state index in [1.54, 1.807) is 66.9 Å². The van der Waals surface area contributed by atoms with Gasteiger partial charge in [0.1, 0.15) is 11.6 Å². The number of nitrogens with zero attached hydrogens (tertiary/aromatic N) is 2. The maximum Gasteiger partial charge on any atom is 0.256 e. The Kier molecular flexibility index (Phi) is 7.20. The second-order valence-corrected chi connectivity index (χ2v) is 11.0. The topological polar surface area (TPSA) is 110 Å². The number of nitrogens with one attached hydrogen (secondary N) is 2. The number of sulfone groups is 1. The molecule has 1 amide bonds. The minimum Gasteiger partial charge on any atom is -0.439 e. The summed E-state index contributed by atoms with van der Waals surface area (Å²) in [7, 11) is -3.16. The summed E-state index contributed by atoms with van der Waals surface area (Å²) in [5.41, 5.74) is 2.26. The molecule has 0 fully saturated rings. The predicted molar refractivity (Wildman–Crippen MR) is 149 cm³/mol. The first-order chi connectivity index (χ1) is 18.7. The van der Waals surface area contributed by atoms with Crippen LogP contribution in [0.25, 0.3) is 10.8 Å². The van der Waals surface area contributed by atoms with Crippen LogP contribution in [0.3, 0.4) is 0 Å². The molecule has 0 aliphatic heterocycles. The molecule has 196 valence electrons. The fourth-order valence-electron chi connectivity index (χ4n) is 4.01. The van der Waals surface area contributed by atoms with E-state index in [4.69, 9.17) is 4.74 Å². The van der Waals surface area contributed by atoms with E-state index < -0.39 is 9.84 Å². The average molecular weight is 543 g/mol. The Hall–Kier alpha value is -4.83. The fraction of sp³-hybridized carbons (Fsp3) is 0.0690. The van der Waals surface area contributed by atoms with Crippen molar-refractivity contribution in [2.24, 2.45) is 0 Å². The summed E-state index contributed by atoms with van der Waals surface area (Å²) in [6.07, 6.45) is 2.73. The van der Waals surface area contributed by atoms with Crippen molar-refractivity contribution in [1.82, 2.24) is 9.97 Å². The van der Waals surface area contributed by atoms with E-state index in [0.717, 1.165) is 10.8 Å². The van der Waals surface area contributed by atoms with E-state index in [0.29, 0.717) is 34.1 Å². The number of carbonyl (C=O) groups is 1. The second-order valence-electron chi connectivity index (χ2n) is 8.87. The number of ether oxygens (including phenoxy) is 1. The Morgan fingerprint density at radius 2 is 1.72 bits per heavy atom. The lowest BCUT2D eigenvalue weighted by molar-refractivity contribution is 0.102. The summed E-state index contributed by atoms with van der Waals surface area (Å²) < 4.78 is 42.4. The van der Waals surface area contributed by atoms with Gasteiger partial charge in [0.15, 0.2) is 9.84 Å². The standard InChI is InChI=1S/C29H23FN4O4S/c1-39(36,37)18-19-4-2-6-23(16-19)33-29-31-15-14-27(34-29)38-24-12-13-25-20(17-24)5-3-7-26(25)28(35)32-22-10-8-21(30)9-11-22/h2-17H,18H2,1H3,(H,32,35)(H,31,33,34). The number of rotatable bonds is 8. The first-order valence-electron chi connectivity index (χ1n) is 11.9. The van der Waals surface area contributed by atoms with Gasteiger partial charge in [-0.3, -0.25) is 4.79 Å². The number of hydrogen-bond acceptors (Lipinski definition) is 7. The molecule has 2 N–H and O–H groups in total. The number of benzene rings is 4. The molecule has 0 saturated carbocycles. The normalized spacial score (nSPS) is 11.2. The fourth-order valence-corrected chi connectivity index (χ4v) is 4.79. The number of carbonyl (C=O) groups excluding carboxylic acids is 1. The summed E-state index contributed by atoms with van der Waals surface area (Å²) in [6.45, 7) is 0. The van der Waals surface area contributed by atoms with Gasteiger partial charge in [-0.25, -0.2) is 17.8 Å². The van der Waals surface area contributed by atoms with Gasteiger partial charge in [0, 0.05) is 35.5 Å². The molecule has 0 aliphatic rings. The molecule has 1 aromatic heterocycles. The van der Waals surface area contributed by atoms with Crippen molar-refractivity contribution in [3.63, 3.8) is 0 Å². The molecule has 39 heavy (non-hydrogen) atoms. The molecule has 1 heterocycles. The second kappa shape index (κ2) is 10.9. The van der Waals surface area contributed by atoms with Crippen LogP contribution in [0.1, 0.15) is 15.9 Å². The molecule has 10 heteroatoms. The molecular weight excluding hydrogens is 519 g/mol. The molecule has 8 nitrogen and oxygen atoms in total. The van der Waals surface area contributed by atoms with Gasteiger partial charge >= 0.3 is 0 Å². The van der Waals surface area contributed by atoms with Crippen molar-refractivity contribution in [2.45, 2.75) is 5.75 Å². The minimum absolute atomic E-state index is 0.0654. The molecule has 0 bridgehead atoms. The summed E-state index contributed by atoms with van der Waals surface area (Å²) in [6, 6.07) is 24.9. The number of halogens is 1. The summed E-state index contributed by atoms with van der Waals surface area (Å²) in [5.74, 6) is 0.334. The number of aromatic nitrogens is 2. The average Bonchev–Trinajstić information content (AvgIpc) is 2.89. The third-order valence-corrected chi connectivity index (χ3v) is 6.52. The molecule has 4 aromatic carbocycles. The zero-order valence-corrected chi connectivity index (χ0v) is 21.6. The molecule has 0 atom stereocenters. The van der Waals surface area contributed by atoms with Gasteiger partial charge < -0.3 is 15.4 Å². The third kappa shape index (κ3) is 6.74. The van der Waals surface area contributed by atoms with Crippen LogP contribution >= 0.6 is 0 Å². The van der Waals surface area contributed by atoms with Crippen molar-refractivity contribution >= 4 is 43.8 Å². The van der Waals surface area contributed by atoms with Crippen LogP contribution in [0.2, 0.25) is 0 Å². The zero-order chi connectivity index (χ0) is 27.4. The van der Waals surface area contributed by atoms with Crippen LogP contribution in [0, 0.1) is 5.82 Å². The summed E-state index contributed by atoms with van der Waals surface area (Å²) in [5, 5.41) is 7.36. The van der Waals surface area contributed by atoms with Crippen molar-refractivity contribution in [1.29, 1.82) is 0 Å². The largest absolute Gasteiger partial charge is 0.439 e. The van der Waals surface area contributed by atoms with E-state index in [9.17, 15) is 17.6 Å². The lowest BCUT2D eigenvalue weighted by atomic mass is 10.0. The molecule has 0 unspecified atom stereocenters. The summed E-state index contributed by atoms with van der Waals surface area (Å²) >= 11 is 0. The maximum atomic E-state index is 13.2. The lowest BCUT2D eigenvalue weighted by Crippen LogP contribution is -2.12. The highest BCUT2D eigenvalue weighted by Gasteiger charge is 2.12. The van der Waals surface area contributed by atoms with Gasteiger partial charge in [0.05, 0.1) is 5.75 Å². The van der Waals surface area contributed by atoms with Crippen LogP contribution in [0.15, 0.2) is 97.2 Å². The Labute approximate surface area is 224 Å². The molecule has 5 aromatic rings. The monoisotopic (exact) mass is 542 g/mol. The zero-order valence-electron chi connectivity index (χ0n) is 20.8. The van der Waals surface area contributed by atoms with Crippen LogP contribution in [0.4, 0.5) is 21.7 Å². The number of anilines is 3. The van der Waals surface area contributed by atoms with Gasteiger partial charge in [0.25, 0.3) is 5.91 Å². The Morgan fingerprint density at radius 3 is 2.51 bits per heavy atom. The van der Waals surface area contributed by atoms with E-state index in [1.807, 2.05) is 6.07 Å². The first-order valence-corrected chi connectivity index (χ1v) is 13.9. The van der Waals surface area contributed by atoms with Gasteiger partial charge in [-0.1, -0.05) is 24.3 Å². The highest BCUT2D eigenvalue weighted by Crippen LogP contribution is 2.28. The highest BCUT2D eigenvalue weighted by atomic mass is 32.2. The van der Waals surface area contributed by atoms with Crippen molar-refractivity contribution in [2.75, 3.05) is 16.9 Å². The number of hydrogen-bond donors (Lipinski definition) is 2. The molecular formula is C29H23FN4O4S. The molecule has 5 rings (SSSR count). The van der Waals surface area contributed by atoms with Crippen LogP contribution in [-0.4, -0.2) is 30.5 Å². The summed E-state index contributed by atoms with van der Waals surface area (Å²) in [4.78, 5) is 21.5. The van der Waals surface area contributed by atoms with E-state index in [2.05, 4.69) is 20.6 Å². The van der Waals surface area contributed by atoms with Crippen molar-refractivity contribution in [3.8, 4) is 11.6 Å². The minimum atomic E-state index is -3.16. The molecule has 0 radical (unpaired) electrons. The molecule has 0 saturated heterocycles. The van der Waals surface area contributed by atoms with Crippen LogP contribution < -0.4 is 15.4 Å². The smallest absolute Gasteiger partial charge is 0.256 e. The van der Waals surface area contributed by atoms with Crippen molar-refractivity contribution in [3.05, 3.63) is 114 Å². The SMILES string of the molecule is CS(=O)(=O)Cc1cccc(Nc2nccc(Oc3ccc4c(C(=O)Nc5ccc(F)cc5)cccc4c3)n2)c1. The lowest BCUT2D eigenvalue weighted by Gasteiger charge is -2.11. The van der Waals surface area contributed by atoms with Crippen LogP contribution in [-0.2, 0) is 15.6 Å². The Bertz CT molecular complexity index is 1780. The third-order valence-electron chi connectivity index (χ3n) is 5.66. The van der Waals surface area contributed by atoms with Gasteiger partial charge in [-0.15, -0.1) is 0 Å². The Balaban J connectivity index is 1.32. The van der Waals surface area contributed by atoms with E-state index in [1.165, 1.54) is 30.5 Å². The van der Waals surface area contributed by atoms with Crippen LogP contribution in [0.5, 0.6) is 11.6 Å².